The fourth-order valence-electron chi connectivity index (χ4n) is 4.45. The summed E-state index contributed by atoms with van der Waals surface area (Å²) in [7, 11) is 0. The number of piperazine rings is 1. The Labute approximate surface area is 247 Å². The van der Waals surface area contributed by atoms with Crippen molar-refractivity contribution in [1.82, 2.24) is 20.1 Å². The predicted molar refractivity (Wildman–Crippen MR) is 156 cm³/mol. The van der Waals surface area contributed by atoms with Gasteiger partial charge in [-0.15, -0.1) is 0 Å². The van der Waals surface area contributed by atoms with Crippen molar-refractivity contribution in [3.63, 3.8) is 0 Å². The van der Waals surface area contributed by atoms with E-state index in [2.05, 4.69) is 10.3 Å². The lowest BCUT2D eigenvalue weighted by atomic mass is 9.96. The minimum Gasteiger partial charge on any atom is -0.460 e. The molecule has 42 heavy (non-hydrogen) atoms. The van der Waals surface area contributed by atoms with Crippen LogP contribution in [0.3, 0.4) is 0 Å². The van der Waals surface area contributed by atoms with Gasteiger partial charge in [0.15, 0.2) is 0 Å². The van der Waals surface area contributed by atoms with E-state index in [-0.39, 0.29) is 57.2 Å². The molecular weight excluding hydrogens is 540 g/mol. The van der Waals surface area contributed by atoms with E-state index in [9.17, 15) is 24.3 Å². The Morgan fingerprint density at radius 2 is 1.60 bits per heavy atom. The molecule has 11 nitrogen and oxygen atoms in total. The second-order valence-corrected chi connectivity index (χ2v) is 11.7. The Morgan fingerprint density at radius 1 is 0.976 bits per heavy atom. The Hall–Kier alpha value is -3.99. The SMILES string of the molecule is CCOC(=O)N1CCN(C(=O)C(CCC(=O)OC(C)(C)C)NC(=O)c2cc(C(C)(C)O)cc(-c3ccccc3)n2)CC1. The monoisotopic (exact) mass is 582 g/mol. The number of rotatable bonds is 9. The number of nitrogens with one attached hydrogen (secondary N) is 1. The van der Waals surface area contributed by atoms with E-state index >= 15 is 0 Å². The first-order valence-electron chi connectivity index (χ1n) is 14.2. The number of carbonyl (C=O) groups excluding carboxylic acids is 4. The molecule has 3 amide bonds. The molecule has 2 N–H and O–H groups in total. The second kappa shape index (κ2) is 13.8. The molecule has 2 aromatic rings. The van der Waals surface area contributed by atoms with Gasteiger partial charge in [0.25, 0.3) is 5.91 Å². The van der Waals surface area contributed by atoms with Crippen LogP contribution in [-0.4, -0.2) is 88.2 Å². The Morgan fingerprint density at radius 3 is 2.17 bits per heavy atom. The number of esters is 1. The lowest BCUT2D eigenvalue weighted by molar-refractivity contribution is -0.155. The standard InChI is InChI=1S/C31H42N4O7/c1-7-41-29(39)35-17-15-34(16-18-35)28(38)23(13-14-26(36)42-30(2,3)4)33-27(37)25-20-22(31(5,6)40)19-24(32-25)21-11-9-8-10-12-21/h8-12,19-20,23,40H,7,13-18H2,1-6H3,(H,33,37). The zero-order valence-corrected chi connectivity index (χ0v) is 25.3. The Balaban J connectivity index is 1.85. The van der Waals surface area contributed by atoms with Crippen molar-refractivity contribution in [3.05, 3.63) is 53.7 Å². The van der Waals surface area contributed by atoms with E-state index < -0.39 is 35.2 Å². The summed E-state index contributed by atoms with van der Waals surface area (Å²) in [5.74, 6) is -1.49. The van der Waals surface area contributed by atoms with E-state index in [1.807, 2.05) is 30.3 Å². The Kier molecular flexibility index (Phi) is 10.7. The molecule has 1 aromatic heterocycles. The molecule has 1 saturated heterocycles. The molecule has 228 valence electrons. The predicted octanol–water partition coefficient (Wildman–Crippen LogP) is 3.50. The molecular formula is C31H42N4O7. The topological polar surface area (TPSA) is 138 Å². The molecule has 1 aliphatic rings. The van der Waals surface area contributed by atoms with Gasteiger partial charge in [-0.1, -0.05) is 30.3 Å². The van der Waals surface area contributed by atoms with Crippen LogP contribution in [0.15, 0.2) is 42.5 Å². The number of aliphatic hydroxyl groups is 1. The van der Waals surface area contributed by atoms with E-state index in [1.165, 1.54) is 11.0 Å². The molecule has 3 rings (SSSR count). The number of hydrogen-bond donors (Lipinski definition) is 2. The Bertz CT molecular complexity index is 1260. The van der Waals surface area contributed by atoms with E-state index in [1.54, 1.807) is 52.5 Å². The highest BCUT2D eigenvalue weighted by molar-refractivity contribution is 5.97. The maximum atomic E-state index is 13.6. The second-order valence-electron chi connectivity index (χ2n) is 11.7. The summed E-state index contributed by atoms with van der Waals surface area (Å²) in [6.07, 6.45) is -0.524. The van der Waals surface area contributed by atoms with E-state index in [0.29, 0.717) is 11.3 Å². The third-order valence-corrected chi connectivity index (χ3v) is 6.61. The maximum Gasteiger partial charge on any atom is 0.409 e. The molecule has 1 fully saturated rings. The summed E-state index contributed by atoms with van der Waals surface area (Å²) in [5, 5.41) is 13.5. The molecule has 0 saturated carbocycles. The van der Waals surface area contributed by atoms with Gasteiger partial charge in [-0.25, -0.2) is 9.78 Å². The van der Waals surface area contributed by atoms with Crippen molar-refractivity contribution in [2.75, 3.05) is 32.8 Å². The van der Waals surface area contributed by atoms with Crippen molar-refractivity contribution in [1.29, 1.82) is 0 Å². The largest absolute Gasteiger partial charge is 0.460 e. The molecule has 0 radical (unpaired) electrons. The quantitative estimate of drug-likeness (QED) is 0.429. The summed E-state index contributed by atoms with van der Waals surface area (Å²) in [6, 6.07) is 11.4. The number of pyridine rings is 1. The molecule has 1 aliphatic heterocycles. The number of ether oxygens (including phenoxy) is 2. The number of carbonyl (C=O) groups is 4. The highest BCUT2D eigenvalue weighted by Gasteiger charge is 2.32. The highest BCUT2D eigenvalue weighted by atomic mass is 16.6. The van der Waals surface area contributed by atoms with Gasteiger partial charge in [-0.05, 0) is 65.7 Å². The summed E-state index contributed by atoms with van der Waals surface area (Å²) in [5.41, 5.74) is -0.199. The summed E-state index contributed by atoms with van der Waals surface area (Å²) < 4.78 is 10.5. The third kappa shape index (κ3) is 9.27. The zero-order valence-electron chi connectivity index (χ0n) is 25.3. The minimum atomic E-state index is -1.26. The van der Waals surface area contributed by atoms with Gasteiger partial charge in [-0.3, -0.25) is 14.4 Å². The van der Waals surface area contributed by atoms with Gasteiger partial charge < -0.3 is 29.7 Å². The molecule has 11 heteroatoms. The van der Waals surface area contributed by atoms with Crippen LogP contribution in [0.1, 0.15) is 70.4 Å². The molecule has 2 heterocycles. The summed E-state index contributed by atoms with van der Waals surface area (Å²) in [4.78, 5) is 59.4. The number of hydrogen-bond acceptors (Lipinski definition) is 8. The van der Waals surface area contributed by atoms with Crippen LogP contribution in [-0.2, 0) is 24.7 Å². The molecule has 0 aliphatic carbocycles. The fourth-order valence-corrected chi connectivity index (χ4v) is 4.45. The lowest BCUT2D eigenvalue weighted by Gasteiger charge is -2.36. The van der Waals surface area contributed by atoms with Crippen LogP contribution in [0.25, 0.3) is 11.3 Å². The van der Waals surface area contributed by atoms with Crippen LogP contribution < -0.4 is 5.32 Å². The van der Waals surface area contributed by atoms with Crippen LogP contribution in [0.2, 0.25) is 0 Å². The van der Waals surface area contributed by atoms with Gasteiger partial charge in [0.2, 0.25) is 5.91 Å². The van der Waals surface area contributed by atoms with Crippen LogP contribution >= 0.6 is 0 Å². The van der Waals surface area contributed by atoms with Gasteiger partial charge in [0, 0.05) is 38.2 Å². The minimum absolute atomic E-state index is 0.00824. The molecule has 1 atom stereocenters. The number of benzene rings is 1. The van der Waals surface area contributed by atoms with Crippen LogP contribution in [0.5, 0.6) is 0 Å². The van der Waals surface area contributed by atoms with Crippen LogP contribution in [0.4, 0.5) is 4.79 Å². The maximum absolute atomic E-state index is 13.6. The average Bonchev–Trinajstić information content (AvgIpc) is 2.93. The first kappa shape index (κ1) is 32.5. The van der Waals surface area contributed by atoms with Crippen molar-refractivity contribution >= 4 is 23.9 Å². The van der Waals surface area contributed by atoms with E-state index in [4.69, 9.17) is 9.47 Å². The van der Waals surface area contributed by atoms with E-state index in [0.717, 1.165) is 5.56 Å². The van der Waals surface area contributed by atoms with Crippen molar-refractivity contribution in [2.24, 2.45) is 0 Å². The summed E-state index contributed by atoms with van der Waals surface area (Å²) >= 11 is 0. The number of amides is 3. The van der Waals surface area contributed by atoms with Crippen LogP contribution in [0, 0.1) is 0 Å². The molecule has 0 spiro atoms. The molecule has 1 aromatic carbocycles. The fraction of sp³-hybridized carbons (Fsp3) is 0.516. The lowest BCUT2D eigenvalue weighted by Crippen LogP contribution is -2.56. The van der Waals surface area contributed by atoms with Gasteiger partial charge >= 0.3 is 12.1 Å². The van der Waals surface area contributed by atoms with Crippen molar-refractivity contribution < 1.29 is 33.8 Å². The van der Waals surface area contributed by atoms with Crippen molar-refractivity contribution in [2.45, 2.75) is 71.6 Å². The first-order valence-corrected chi connectivity index (χ1v) is 14.2. The average molecular weight is 583 g/mol. The van der Waals surface area contributed by atoms with Gasteiger partial charge in [0.1, 0.15) is 17.3 Å². The number of nitrogens with zero attached hydrogens (tertiary/aromatic N) is 3. The molecule has 1 unspecified atom stereocenters. The molecule has 0 bridgehead atoms. The van der Waals surface area contributed by atoms with Gasteiger partial charge in [-0.2, -0.15) is 0 Å². The number of aromatic nitrogens is 1. The normalized spacial score (nSPS) is 14.6. The van der Waals surface area contributed by atoms with Gasteiger partial charge in [0.05, 0.1) is 17.9 Å². The highest BCUT2D eigenvalue weighted by Crippen LogP contribution is 2.26. The third-order valence-electron chi connectivity index (χ3n) is 6.61. The zero-order chi connectivity index (χ0) is 31.1. The smallest absolute Gasteiger partial charge is 0.409 e. The first-order chi connectivity index (χ1) is 19.7. The van der Waals surface area contributed by atoms with Crippen molar-refractivity contribution in [3.8, 4) is 11.3 Å². The summed E-state index contributed by atoms with van der Waals surface area (Å²) in [6.45, 7) is 11.5.